The average Bonchev–Trinajstić information content (AvgIpc) is 2.85. The fourth-order valence-corrected chi connectivity index (χ4v) is 3.25. The second-order valence-electron chi connectivity index (χ2n) is 5.62. The molecular weight excluding hydrogens is 389 g/mol. The molecule has 0 saturated carbocycles. The number of ether oxygens (including phenoxy) is 1. The molecular formula is C18H17BrFN3O2. The maximum Gasteiger partial charge on any atom is 0.266 e. The highest BCUT2D eigenvalue weighted by Gasteiger charge is 2.49. The zero-order valence-corrected chi connectivity index (χ0v) is 15.2. The van der Waals surface area contributed by atoms with Gasteiger partial charge in [-0.2, -0.15) is 0 Å². The number of nitrogens with two attached hydrogens (primary N) is 1. The highest BCUT2D eigenvalue weighted by molar-refractivity contribution is 9.10. The summed E-state index contributed by atoms with van der Waals surface area (Å²) in [4.78, 5) is 18.9. The largest absolute Gasteiger partial charge is 0.491 e. The van der Waals surface area contributed by atoms with E-state index in [2.05, 4.69) is 20.9 Å². The van der Waals surface area contributed by atoms with Crippen LogP contribution in [0.5, 0.6) is 5.75 Å². The van der Waals surface area contributed by atoms with Crippen molar-refractivity contribution in [2.24, 2.45) is 10.7 Å². The first-order valence-corrected chi connectivity index (χ1v) is 8.47. The summed E-state index contributed by atoms with van der Waals surface area (Å²) in [5, 5.41) is 0. The summed E-state index contributed by atoms with van der Waals surface area (Å²) >= 11 is 3.44. The van der Waals surface area contributed by atoms with Gasteiger partial charge in [-0.15, -0.1) is 0 Å². The number of carbonyl (C=O) groups is 1. The number of likely N-dealkylation sites (N-methyl/N-ethyl adjacent to an activating group) is 1. The van der Waals surface area contributed by atoms with E-state index in [0.717, 1.165) is 4.47 Å². The van der Waals surface area contributed by atoms with E-state index >= 15 is 0 Å². The Labute approximate surface area is 153 Å². The van der Waals surface area contributed by atoms with Crippen LogP contribution >= 0.6 is 15.9 Å². The van der Waals surface area contributed by atoms with Gasteiger partial charge in [0.05, 0.1) is 0 Å². The average molecular weight is 406 g/mol. The van der Waals surface area contributed by atoms with Gasteiger partial charge in [0.15, 0.2) is 11.5 Å². The van der Waals surface area contributed by atoms with Crippen LogP contribution < -0.4 is 10.5 Å². The SMILES string of the molecule is CN1C(=O)[C@](c2ccc(OCCF)cc2)(c2cccc(Br)c2)N=C1N. The van der Waals surface area contributed by atoms with Crippen LogP contribution in [-0.2, 0) is 10.3 Å². The molecule has 0 unspecified atom stereocenters. The molecule has 0 saturated heterocycles. The van der Waals surface area contributed by atoms with E-state index in [4.69, 9.17) is 10.5 Å². The van der Waals surface area contributed by atoms with Crippen molar-refractivity contribution in [3.8, 4) is 5.75 Å². The first-order valence-electron chi connectivity index (χ1n) is 7.68. The van der Waals surface area contributed by atoms with Gasteiger partial charge in [-0.25, -0.2) is 9.38 Å². The molecule has 0 fully saturated rings. The molecule has 1 aliphatic rings. The van der Waals surface area contributed by atoms with Crippen LogP contribution in [0.4, 0.5) is 4.39 Å². The minimum atomic E-state index is -1.25. The first kappa shape index (κ1) is 17.4. The summed E-state index contributed by atoms with van der Waals surface area (Å²) in [6, 6.07) is 14.3. The number of nitrogens with zero attached hydrogens (tertiary/aromatic N) is 2. The van der Waals surface area contributed by atoms with Crippen molar-refractivity contribution >= 4 is 27.8 Å². The summed E-state index contributed by atoms with van der Waals surface area (Å²) in [6.45, 7) is -0.573. The molecule has 0 aliphatic carbocycles. The third-order valence-electron chi connectivity index (χ3n) is 4.10. The summed E-state index contributed by atoms with van der Waals surface area (Å²) in [7, 11) is 1.60. The van der Waals surface area contributed by atoms with Gasteiger partial charge >= 0.3 is 0 Å². The van der Waals surface area contributed by atoms with Gasteiger partial charge in [0.25, 0.3) is 5.91 Å². The zero-order chi connectivity index (χ0) is 18.0. The lowest BCUT2D eigenvalue weighted by Crippen LogP contribution is -2.41. The van der Waals surface area contributed by atoms with Crippen molar-refractivity contribution < 1.29 is 13.9 Å². The van der Waals surface area contributed by atoms with E-state index in [-0.39, 0.29) is 18.5 Å². The van der Waals surface area contributed by atoms with Crippen LogP contribution in [0.15, 0.2) is 58.0 Å². The topological polar surface area (TPSA) is 67.9 Å². The fourth-order valence-electron chi connectivity index (χ4n) is 2.85. The van der Waals surface area contributed by atoms with Gasteiger partial charge in [-0.1, -0.05) is 40.2 Å². The van der Waals surface area contributed by atoms with Crippen molar-refractivity contribution in [2.75, 3.05) is 20.3 Å². The van der Waals surface area contributed by atoms with E-state index < -0.39 is 12.2 Å². The molecule has 1 aliphatic heterocycles. The Morgan fingerprint density at radius 1 is 1.24 bits per heavy atom. The smallest absolute Gasteiger partial charge is 0.266 e. The minimum Gasteiger partial charge on any atom is -0.491 e. The van der Waals surface area contributed by atoms with Crippen LogP contribution in [0.1, 0.15) is 11.1 Å². The van der Waals surface area contributed by atoms with E-state index in [1.165, 1.54) is 4.90 Å². The van der Waals surface area contributed by atoms with Crippen LogP contribution in [0.2, 0.25) is 0 Å². The number of aliphatic imine (C=N–C) groups is 1. The second kappa shape index (κ2) is 6.84. The first-order chi connectivity index (χ1) is 12.0. The van der Waals surface area contributed by atoms with Crippen molar-refractivity contribution in [1.29, 1.82) is 0 Å². The molecule has 7 heteroatoms. The predicted molar refractivity (Wildman–Crippen MR) is 97.2 cm³/mol. The molecule has 5 nitrogen and oxygen atoms in total. The Morgan fingerprint density at radius 3 is 2.52 bits per heavy atom. The molecule has 0 aromatic heterocycles. The quantitative estimate of drug-likeness (QED) is 0.831. The number of hydrogen-bond acceptors (Lipinski definition) is 4. The number of hydrogen-bond donors (Lipinski definition) is 1. The Bertz CT molecular complexity index is 825. The van der Waals surface area contributed by atoms with E-state index in [1.807, 2.05) is 24.3 Å². The van der Waals surface area contributed by atoms with E-state index in [9.17, 15) is 9.18 Å². The van der Waals surface area contributed by atoms with E-state index in [1.54, 1.807) is 31.3 Å². The highest BCUT2D eigenvalue weighted by Crippen LogP contribution is 2.40. The number of benzene rings is 2. The fraction of sp³-hybridized carbons (Fsp3) is 0.222. The maximum absolute atomic E-state index is 13.0. The van der Waals surface area contributed by atoms with Gasteiger partial charge in [0.2, 0.25) is 0 Å². The third kappa shape index (κ3) is 3.00. The zero-order valence-electron chi connectivity index (χ0n) is 13.6. The van der Waals surface area contributed by atoms with Crippen molar-refractivity contribution in [3.05, 3.63) is 64.1 Å². The predicted octanol–water partition coefficient (Wildman–Crippen LogP) is 2.83. The second-order valence-corrected chi connectivity index (χ2v) is 6.53. The van der Waals surface area contributed by atoms with Gasteiger partial charge in [0, 0.05) is 11.5 Å². The van der Waals surface area contributed by atoms with Crippen molar-refractivity contribution in [2.45, 2.75) is 5.54 Å². The Hall–Kier alpha value is -2.41. The molecule has 0 bridgehead atoms. The number of carbonyl (C=O) groups excluding carboxylic acids is 1. The molecule has 0 radical (unpaired) electrons. The molecule has 130 valence electrons. The molecule has 1 atom stereocenters. The van der Waals surface area contributed by atoms with Crippen molar-refractivity contribution in [3.63, 3.8) is 0 Å². The Morgan fingerprint density at radius 2 is 1.96 bits per heavy atom. The molecule has 2 aromatic rings. The van der Waals surface area contributed by atoms with Crippen molar-refractivity contribution in [1.82, 2.24) is 4.90 Å². The summed E-state index contributed by atoms with van der Waals surface area (Å²) < 4.78 is 18.3. The molecule has 0 spiro atoms. The van der Waals surface area contributed by atoms with E-state index in [0.29, 0.717) is 16.9 Å². The number of amides is 1. The molecule has 1 amide bonds. The number of halogens is 2. The lowest BCUT2D eigenvalue weighted by molar-refractivity contribution is -0.129. The molecule has 25 heavy (non-hydrogen) atoms. The number of rotatable bonds is 5. The molecule has 2 aromatic carbocycles. The van der Waals surface area contributed by atoms with Crippen LogP contribution in [0, 0.1) is 0 Å². The Balaban J connectivity index is 2.12. The lowest BCUT2D eigenvalue weighted by atomic mass is 9.83. The Kier molecular flexibility index (Phi) is 4.76. The summed E-state index contributed by atoms with van der Waals surface area (Å²) in [5.74, 6) is 0.449. The maximum atomic E-state index is 13.0. The highest BCUT2D eigenvalue weighted by atomic mass is 79.9. The van der Waals surface area contributed by atoms with Gasteiger partial charge in [-0.05, 0) is 35.4 Å². The van der Waals surface area contributed by atoms with Gasteiger partial charge in [0.1, 0.15) is 19.0 Å². The molecule has 3 rings (SSSR count). The monoisotopic (exact) mass is 405 g/mol. The van der Waals surface area contributed by atoms with Gasteiger partial charge in [-0.3, -0.25) is 9.69 Å². The minimum absolute atomic E-state index is 0.0110. The lowest BCUT2D eigenvalue weighted by Gasteiger charge is -2.26. The summed E-state index contributed by atoms with van der Waals surface area (Å²) in [5.41, 5.74) is 6.05. The van der Waals surface area contributed by atoms with Crippen LogP contribution in [0.25, 0.3) is 0 Å². The summed E-state index contributed by atoms with van der Waals surface area (Å²) in [6.07, 6.45) is 0. The third-order valence-corrected chi connectivity index (χ3v) is 4.59. The van der Waals surface area contributed by atoms with Gasteiger partial charge < -0.3 is 10.5 Å². The normalized spacial score (nSPS) is 19.9. The number of guanidine groups is 1. The number of alkyl halides is 1. The van der Waals surface area contributed by atoms with Crippen LogP contribution in [-0.4, -0.2) is 37.1 Å². The molecule has 1 heterocycles. The standard InChI is InChI=1S/C18H17BrFN3O2/c1-23-16(24)18(22-17(23)21,13-3-2-4-14(19)11-13)12-5-7-15(8-6-12)25-10-9-20/h2-8,11H,9-10H2,1H3,(H2,21,22)/t18-/m0/s1. The van der Waals surface area contributed by atoms with Crippen LogP contribution in [0.3, 0.4) is 0 Å². The molecule has 2 N–H and O–H groups in total.